The molecule has 1 amide bonds. The van der Waals surface area contributed by atoms with Gasteiger partial charge in [-0.05, 0) is 12.8 Å². The molecule has 0 radical (unpaired) electrons. The summed E-state index contributed by atoms with van der Waals surface area (Å²) in [6.45, 7) is 5.93. The molecule has 2 aromatic heterocycles. The van der Waals surface area contributed by atoms with E-state index in [1.165, 1.54) is 6.33 Å². The van der Waals surface area contributed by atoms with Crippen LogP contribution in [-0.2, 0) is 7.05 Å². The van der Waals surface area contributed by atoms with E-state index < -0.39 is 0 Å². The highest BCUT2D eigenvalue weighted by molar-refractivity contribution is 5.93. The van der Waals surface area contributed by atoms with E-state index in [4.69, 9.17) is 0 Å². The van der Waals surface area contributed by atoms with Crippen molar-refractivity contribution >= 4 is 5.91 Å². The summed E-state index contributed by atoms with van der Waals surface area (Å²) in [5.74, 6) is 0.904. The fraction of sp³-hybridized carbons (Fsp3) is 0.462. The lowest BCUT2D eigenvalue weighted by atomic mass is 10.0. The Bertz CT molecular complexity index is 569. The molecule has 0 unspecified atom stereocenters. The summed E-state index contributed by atoms with van der Waals surface area (Å²) in [5, 5.41) is 3.00. The Morgan fingerprint density at radius 2 is 2.16 bits per heavy atom. The smallest absolute Gasteiger partial charge is 0.272 e. The van der Waals surface area contributed by atoms with Gasteiger partial charge in [0.1, 0.15) is 11.5 Å². The highest BCUT2D eigenvalue weighted by Crippen LogP contribution is 2.20. The second kappa shape index (κ2) is 5.26. The Hall–Kier alpha value is -2.11. The zero-order chi connectivity index (χ0) is 14.0. The quantitative estimate of drug-likeness (QED) is 0.877. The Morgan fingerprint density at radius 3 is 2.63 bits per heavy atom. The van der Waals surface area contributed by atoms with Gasteiger partial charge in [0.25, 0.3) is 5.91 Å². The van der Waals surface area contributed by atoms with Crippen molar-refractivity contribution in [2.45, 2.75) is 26.8 Å². The monoisotopic (exact) mass is 261 g/mol. The molecule has 6 nitrogen and oxygen atoms in total. The standard InChI is InChI=1S/C13H19N5O/c1-8(2)10(12-14-5-6-18(12)4)17-13(19)11-9(3)15-7-16-11/h5-8,10H,1-4H3,(H,15,16)(H,17,19)/t10-/m0/s1. The number of nitrogens with zero attached hydrogens (tertiary/aromatic N) is 3. The molecule has 0 saturated heterocycles. The first-order valence-corrected chi connectivity index (χ1v) is 6.28. The van der Waals surface area contributed by atoms with Crippen LogP contribution in [0.5, 0.6) is 0 Å². The first-order chi connectivity index (χ1) is 9.00. The molecule has 0 aliphatic carbocycles. The summed E-state index contributed by atoms with van der Waals surface area (Å²) in [5.41, 5.74) is 1.19. The van der Waals surface area contributed by atoms with Crippen LogP contribution in [0.4, 0.5) is 0 Å². The van der Waals surface area contributed by atoms with Gasteiger partial charge < -0.3 is 14.9 Å². The first kappa shape index (κ1) is 13.3. The molecular formula is C13H19N5O. The Morgan fingerprint density at radius 1 is 1.42 bits per heavy atom. The van der Waals surface area contributed by atoms with Crippen molar-refractivity contribution in [3.63, 3.8) is 0 Å². The summed E-state index contributed by atoms with van der Waals surface area (Å²) in [7, 11) is 1.92. The van der Waals surface area contributed by atoms with E-state index in [0.717, 1.165) is 11.5 Å². The van der Waals surface area contributed by atoms with Crippen LogP contribution in [-0.4, -0.2) is 25.4 Å². The van der Waals surface area contributed by atoms with Crippen molar-refractivity contribution in [3.05, 3.63) is 35.9 Å². The number of rotatable bonds is 4. The van der Waals surface area contributed by atoms with Gasteiger partial charge in [-0.3, -0.25) is 4.79 Å². The van der Waals surface area contributed by atoms with Crippen LogP contribution >= 0.6 is 0 Å². The predicted octanol–water partition coefficient (Wildman–Crippen LogP) is 1.58. The third kappa shape index (κ3) is 2.67. The second-order valence-corrected chi connectivity index (χ2v) is 4.97. The maximum Gasteiger partial charge on any atom is 0.272 e. The molecule has 0 aromatic carbocycles. The van der Waals surface area contributed by atoms with Crippen molar-refractivity contribution in [2.75, 3.05) is 0 Å². The van der Waals surface area contributed by atoms with Gasteiger partial charge in [-0.15, -0.1) is 0 Å². The molecule has 0 bridgehead atoms. The molecule has 2 rings (SSSR count). The number of H-pyrrole nitrogens is 1. The topological polar surface area (TPSA) is 75.6 Å². The fourth-order valence-electron chi connectivity index (χ4n) is 2.00. The van der Waals surface area contributed by atoms with Crippen molar-refractivity contribution in [2.24, 2.45) is 13.0 Å². The maximum absolute atomic E-state index is 12.2. The van der Waals surface area contributed by atoms with Gasteiger partial charge >= 0.3 is 0 Å². The van der Waals surface area contributed by atoms with E-state index in [9.17, 15) is 4.79 Å². The lowest BCUT2D eigenvalue weighted by molar-refractivity contribution is 0.0917. The maximum atomic E-state index is 12.2. The molecule has 19 heavy (non-hydrogen) atoms. The molecule has 0 spiro atoms. The number of aryl methyl sites for hydroxylation is 2. The lowest BCUT2D eigenvalue weighted by Gasteiger charge is -2.21. The minimum absolute atomic E-state index is 0.136. The van der Waals surface area contributed by atoms with E-state index in [2.05, 4.69) is 34.1 Å². The van der Waals surface area contributed by atoms with Crippen LogP contribution in [0.3, 0.4) is 0 Å². The Kier molecular flexibility index (Phi) is 3.69. The molecule has 1 atom stereocenters. The lowest BCUT2D eigenvalue weighted by Crippen LogP contribution is -2.34. The van der Waals surface area contributed by atoms with Crippen LogP contribution in [0.2, 0.25) is 0 Å². The number of carbonyl (C=O) groups excluding carboxylic acids is 1. The highest BCUT2D eigenvalue weighted by atomic mass is 16.2. The third-order valence-electron chi connectivity index (χ3n) is 3.13. The molecule has 0 saturated carbocycles. The van der Waals surface area contributed by atoms with E-state index >= 15 is 0 Å². The molecule has 2 N–H and O–H groups in total. The van der Waals surface area contributed by atoms with Gasteiger partial charge in [-0.2, -0.15) is 0 Å². The van der Waals surface area contributed by atoms with Crippen molar-refractivity contribution in [1.82, 2.24) is 24.8 Å². The van der Waals surface area contributed by atoms with Crippen LogP contribution in [0, 0.1) is 12.8 Å². The number of amides is 1. The van der Waals surface area contributed by atoms with Crippen LogP contribution in [0.1, 0.15) is 41.9 Å². The number of nitrogens with one attached hydrogen (secondary N) is 2. The normalized spacial score (nSPS) is 12.7. The van der Waals surface area contributed by atoms with E-state index in [0.29, 0.717) is 5.69 Å². The minimum Gasteiger partial charge on any atom is -0.348 e. The number of aromatic amines is 1. The molecule has 0 aliphatic rings. The van der Waals surface area contributed by atoms with Crippen molar-refractivity contribution in [1.29, 1.82) is 0 Å². The summed E-state index contributed by atoms with van der Waals surface area (Å²) in [4.78, 5) is 23.5. The van der Waals surface area contributed by atoms with E-state index in [1.807, 2.05) is 24.7 Å². The minimum atomic E-state index is -0.180. The van der Waals surface area contributed by atoms with Gasteiger partial charge in [0.15, 0.2) is 0 Å². The summed E-state index contributed by atoms with van der Waals surface area (Å²) in [6, 6.07) is -0.136. The van der Waals surface area contributed by atoms with Gasteiger partial charge in [0.2, 0.25) is 0 Å². The number of carbonyl (C=O) groups is 1. The molecular weight excluding hydrogens is 242 g/mol. The number of aromatic nitrogens is 4. The molecule has 0 aliphatic heterocycles. The summed E-state index contributed by atoms with van der Waals surface area (Å²) in [6.07, 6.45) is 5.13. The average Bonchev–Trinajstić information content (AvgIpc) is 2.94. The molecule has 2 aromatic rings. The average molecular weight is 261 g/mol. The van der Waals surface area contributed by atoms with Gasteiger partial charge in [0.05, 0.1) is 12.4 Å². The molecule has 102 valence electrons. The first-order valence-electron chi connectivity index (χ1n) is 6.28. The van der Waals surface area contributed by atoms with Crippen molar-refractivity contribution in [3.8, 4) is 0 Å². The van der Waals surface area contributed by atoms with Crippen LogP contribution < -0.4 is 5.32 Å². The van der Waals surface area contributed by atoms with Gasteiger partial charge in [-0.1, -0.05) is 13.8 Å². The van der Waals surface area contributed by atoms with Crippen molar-refractivity contribution < 1.29 is 4.79 Å². The van der Waals surface area contributed by atoms with Gasteiger partial charge in [0, 0.05) is 25.1 Å². The predicted molar refractivity (Wildman–Crippen MR) is 71.6 cm³/mol. The number of hydrogen-bond acceptors (Lipinski definition) is 3. The SMILES string of the molecule is Cc1[nH]cnc1C(=O)N[C@H](c1nccn1C)C(C)C. The largest absolute Gasteiger partial charge is 0.348 e. The van der Waals surface area contributed by atoms with Crippen LogP contribution in [0.15, 0.2) is 18.7 Å². The fourth-order valence-corrected chi connectivity index (χ4v) is 2.00. The van der Waals surface area contributed by atoms with Crippen LogP contribution in [0.25, 0.3) is 0 Å². The molecule has 2 heterocycles. The number of hydrogen-bond donors (Lipinski definition) is 2. The number of imidazole rings is 2. The zero-order valence-corrected chi connectivity index (χ0v) is 11.6. The Labute approximate surface area is 112 Å². The highest BCUT2D eigenvalue weighted by Gasteiger charge is 2.24. The third-order valence-corrected chi connectivity index (χ3v) is 3.13. The van der Waals surface area contributed by atoms with E-state index in [-0.39, 0.29) is 17.9 Å². The molecule has 0 fully saturated rings. The summed E-state index contributed by atoms with van der Waals surface area (Å²) >= 11 is 0. The Balaban J connectivity index is 2.21. The van der Waals surface area contributed by atoms with E-state index in [1.54, 1.807) is 6.20 Å². The zero-order valence-electron chi connectivity index (χ0n) is 11.6. The van der Waals surface area contributed by atoms with Gasteiger partial charge in [-0.25, -0.2) is 9.97 Å². The second-order valence-electron chi connectivity index (χ2n) is 4.97. The molecule has 6 heteroatoms. The summed E-state index contributed by atoms with van der Waals surface area (Å²) < 4.78 is 1.92.